The van der Waals surface area contributed by atoms with Crippen molar-refractivity contribution in [1.82, 2.24) is 4.90 Å². The average molecular weight is 156 g/mol. The van der Waals surface area contributed by atoms with Gasteiger partial charge in [0.15, 0.2) is 0 Å². The number of likely N-dealkylation sites (N-methyl/N-ethyl adjacent to an activating group) is 1. The van der Waals surface area contributed by atoms with Crippen molar-refractivity contribution in [3.8, 4) is 0 Å². The van der Waals surface area contributed by atoms with Crippen LogP contribution in [0.3, 0.4) is 0 Å². The first kappa shape index (κ1) is 8.53. The van der Waals surface area contributed by atoms with E-state index < -0.39 is 0 Å². The van der Waals surface area contributed by atoms with E-state index in [1.165, 1.54) is 0 Å². The van der Waals surface area contributed by atoms with Gasteiger partial charge in [-0.05, 0) is 6.42 Å². The fourth-order valence-corrected chi connectivity index (χ4v) is 1.45. The SMILES string of the molecule is CCCN1CC[N+](C)(C)C1=N. The lowest BCUT2D eigenvalue weighted by atomic mass is 10.4. The minimum Gasteiger partial charge on any atom is -0.306 e. The second-order valence-electron chi connectivity index (χ2n) is 3.72. The van der Waals surface area contributed by atoms with Gasteiger partial charge in [0.2, 0.25) is 0 Å². The zero-order valence-corrected chi connectivity index (χ0v) is 7.72. The molecule has 3 nitrogen and oxygen atoms in total. The number of rotatable bonds is 2. The van der Waals surface area contributed by atoms with Crippen LogP contribution in [0, 0.1) is 5.41 Å². The first-order valence-corrected chi connectivity index (χ1v) is 4.25. The molecule has 64 valence electrons. The van der Waals surface area contributed by atoms with Gasteiger partial charge in [0.05, 0.1) is 20.6 Å². The van der Waals surface area contributed by atoms with Gasteiger partial charge in [-0.1, -0.05) is 6.92 Å². The monoisotopic (exact) mass is 156 g/mol. The lowest BCUT2D eigenvalue weighted by molar-refractivity contribution is -0.792. The molecular formula is C8H18N3+. The summed E-state index contributed by atoms with van der Waals surface area (Å²) in [4.78, 5) is 2.17. The molecule has 0 saturated carbocycles. The van der Waals surface area contributed by atoms with Crippen molar-refractivity contribution in [3.05, 3.63) is 0 Å². The van der Waals surface area contributed by atoms with E-state index in [0.29, 0.717) is 0 Å². The van der Waals surface area contributed by atoms with Crippen LogP contribution in [0.4, 0.5) is 0 Å². The largest absolute Gasteiger partial charge is 0.306 e. The van der Waals surface area contributed by atoms with Gasteiger partial charge in [0.25, 0.3) is 5.96 Å². The minimum absolute atomic E-state index is 0.750. The zero-order chi connectivity index (χ0) is 8.48. The number of nitrogens with zero attached hydrogens (tertiary/aromatic N) is 2. The molecule has 0 amide bonds. The molecule has 1 rings (SSSR count). The maximum atomic E-state index is 7.81. The van der Waals surface area contributed by atoms with E-state index >= 15 is 0 Å². The minimum atomic E-state index is 0.750. The Balaban J connectivity index is 2.56. The highest BCUT2D eigenvalue weighted by Crippen LogP contribution is 2.12. The average Bonchev–Trinajstić information content (AvgIpc) is 2.17. The lowest BCUT2D eigenvalue weighted by Gasteiger charge is -2.23. The number of quaternary nitrogens is 1. The van der Waals surface area contributed by atoms with Crippen molar-refractivity contribution in [2.24, 2.45) is 0 Å². The Kier molecular flexibility index (Phi) is 2.18. The van der Waals surface area contributed by atoms with Crippen molar-refractivity contribution in [2.75, 3.05) is 33.7 Å². The molecule has 0 aromatic rings. The van der Waals surface area contributed by atoms with E-state index in [1.807, 2.05) is 0 Å². The van der Waals surface area contributed by atoms with Crippen LogP contribution >= 0.6 is 0 Å². The summed E-state index contributed by atoms with van der Waals surface area (Å²) in [6.45, 7) is 5.34. The molecule has 0 aromatic carbocycles. The summed E-state index contributed by atoms with van der Waals surface area (Å²) in [6, 6.07) is 0. The molecule has 0 atom stereocenters. The summed E-state index contributed by atoms with van der Waals surface area (Å²) < 4.78 is 0.750. The fourth-order valence-electron chi connectivity index (χ4n) is 1.45. The van der Waals surface area contributed by atoms with Gasteiger partial charge < -0.3 is 4.90 Å². The Morgan fingerprint density at radius 1 is 1.55 bits per heavy atom. The highest BCUT2D eigenvalue weighted by molar-refractivity contribution is 5.71. The van der Waals surface area contributed by atoms with Gasteiger partial charge in [-0.2, -0.15) is 0 Å². The van der Waals surface area contributed by atoms with E-state index in [9.17, 15) is 0 Å². The third-order valence-electron chi connectivity index (χ3n) is 2.30. The first-order valence-electron chi connectivity index (χ1n) is 4.25. The van der Waals surface area contributed by atoms with Crippen LogP contribution < -0.4 is 0 Å². The third kappa shape index (κ3) is 1.53. The Hall–Kier alpha value is -0.570. The van der Waals surface area contributed by atoms with Crippen LogP contribution in [-0.2, 0) is 0 Å². The van der Waals surface area contributed by atoms with Gasteiger partial charge in [0.1, 0.15) is 6.54 Å². The summed E-state index contributed by atoms with van der Waals surface area (Å²) in [5.41, 5.74) is 0. The van der Waals surface area contributed by atoms with Crippen LogP contribution in [0.5, 0.6) is 0 Å². The molecule has 3 heteroatoms. The van der Waals surface area contributed by atoms with Crippen LogP contribution in [0.15, 0.2) is 0 Å². The van der Waals surface area contributed by atoms with Gasteiger partial charge in [-0.25, -0.2) is 5.41 Å². The summed E-state index contributed by atoms with van der Waals surface area (Å²) in [7, 11) is 4.19. The van der Waals surface area contributed by atoms with Crippen LogP contribution in [0.1, 0.15) is 13.3 Å². The van der Waals surface area contributed by atoms with Crippen molar-refractivity contribution in [1.29, 1.82) is 5.41 Å². The molecule has 1 N–H and O–H groups in total. The number of guanidine groups is 1. The van der Waals surface area contributed by atoms with E-state index in [0.717, 1.165) is 36.5 Å². The molecule has 0 aromatic heterocycles. The number of hydrogen-bond donors (Lipinski definition) is 1. The Bertz CT molecular complexity index is 163. The molecule has 1 saturated heterocycles. The molecule has 0 aliphatic carbocycles. The van der Waals surface area contributed by atoms with E-state index in [2.05, 4.69) is 25.9 Å². The standard InChI is InChI=1S/C8H18N3/c1-4-5-10-6-7-11(2,3)8(10)9/h9H,4-7H2,1-3H3/q+1. The summed E-state index contributed by atoms with van der Waals surface area (Å²) >= 11 is 0. The predicted octanol–water partition coefficient (Wildman–Crippen LogP) is 0.723. The van der Waals surface area contributed by atoms with Gasteiger partial charge in [-0.15, -0.1) is 0 Å². The van der Waals surface area contributed by atoms with Crippen molar-refractivity contribution in [2.45, 2.75) is 13.3 Å². The normalized spacial score (nSPS) is 22.8. The van der Waals surface area contributed by atoms with Gasteiger partial charge >= 0.3 is 0 Å². The highest BCUT2D eigenvalue weighted by atomic mass is 15.5. The quantitative estimate of drug-likeness (QED) is 0.586. The van der Waals surface area contributed by atoms with Crippen LogP contribution in [0.2, 0.25) is 0 Å². The summed E-state index contributed by atoms with van der Waals surface area (Å²) in [6.07, 6.45) is 1.14. The topological polar surface area (TPSA) is 27.1 Å². The van der Waals surface area contributed by atoms with Crippen molar-refractivity contribution >= 4 is 5.96 Å². The molecule has 0 unspecified atom stereocenters. The molecule has 1 aliphatic heterocycles. The van der Waals surface area contributed by atoms with E-state index in [-0.39, 0.29) is 0 Å². The van der Waals surface area contributed by atoms with Crippen molar-refractivity contribution in [3.63, 3.8) is 0 Å². The second-order valence-corrected chi connectivity index (χ2v) is 3.72. The maximum absolute atomic E-state index is 7.81. The Morgan fingerprint density at radius 3 is 2.55 bits per heavy atom. The van der Waals surface area contributed by atoms with Gasteiger partial charge in [0, 0.05) is 6.54 Å². The molecule has 1 fully saturated rings. The summed E-state index contributed by atoms with van der Waals surface area (Å²) in [5, 5.41) is 7.81. The molecule has 0 spiro atoms. The molecule has 11 heavy (non-hydrogen) atoms. The van der Waals surface area contributed by atoms with Crippen LogP contribution in [-0.4, -0.2) is 49.1 Å². The molecule has 1 aliphatic rings. The number of nitrogens with one attached hydrogen (secondary N) is 1. The number of hydrogen-bond acceptors (Lipinski definition) is 1. The molecule has 1 heterocycles. The smallest absolute Gasteiger partial charge is 0.297 e. The fraction of sp³-hybridized carbons (Fsp3) is 0.875. The van der Waals surface area contributed by atoms with Crippen molar-refractivity contribution < 1.29 is 4.48 Å². The third-order valence-corrected chi connectivity index (χ3v) is 2.30. The predicted molar refractivity (Wildman–Crippen MR) is 46.6 cm³/mol. The van der Waals surface area contributed by atoms with Crippen LogP contribution in [0.25, 0.3) is 0 Å². The molecule has 0 bridgehead atoms. The van der Waals surface area contributed by atoms with Gasteiger partial charge in [-0.3, -0.25) is 4.48 Å². The van der Waals surface area contributed by atoms with E-state index in [1.54, 1.807) is 0 Å². The molecule has 0 radical (unpaired) electrons. The Labute approximate surface area is 68.7 Å². The lowest BCUT2D eigenvalue weighted by Crippen LogP contribution is -2.44. The van der Waals surface area contributed by atoms with E-state index in [4.69, 9.17) is 5.41 Å². The molecular weight excluding hydrogens is 138 g/mol. The summed E-state index contributed by atoms with van der Waals surface area (Å²) in [5.74, 6) is 0.770. The zero-order valence-electron chi connectivity index (χ0n) is 7.72. The second kappa shape index (κ2) is 2.81. The highest BCUT2D eigenvalue weighted by Gasteiger charge is 2.34. The first-order chi connectivity index (χ1) is 5.08. The maximum Gasteiger partial charge on any atom is 0.297 e. The Morgan fingerprint density at radius 2 is 2.18 bits per heavy atom.